The van der Waals surface area contributed by atoms with Crippen LogP contribution in [0.15, 0.2) is 0 Å². The van der Waals surface area contributed by atoms with E-state index in [-0.39, 0.29) is 36.5 Å². The zero-order valence-electron chi connectivity index (χ0n) is 18.5. The van der Waals surface area contributed by atoms with Gasteiger partial charge >= 0.3 is 175 Å². The molecule has 13 heteroatoms. The molecule has 0 spiro atoms. The van der Waals surface area contributed by atoms with Gasteiger partial charge in [0.1, 0.15) is 0 Å². The number of amides is 2. The van der Waals surface area contributed by atoms with E-state index in [0.717, 1.165) is 11.8 Å². The predicted molar refractivity (Wildman–Crippen MR) is 118 cm³/mol. The van der Waals surface area contributed by atoms with Gasteiger partial charge in [-0.2, -0.15) is 0 Å². The molecule has 0 saturated carbocycles. The number of carbonyl (C=O) groups excluding carboxylic acids is 3. The van der Waals surface area contributed by atoms with Crippen LogP contribution in [0.5, 0.6) is 0 Å². The van der Waals surface area contributed by atoms with Crippen molar-refractivity contribution in [2.45, 2.75) is 53.2 Å². The zero-order chi connectivity index (χ0) is 23.8. The van der Waals surface area contributed by atoms with E-state index in [1.807, 2.05) is 0 Å². The Hall–Kier alpha value is -1.30. The van der Waals surface area contributed by atoms with Crippen LogP contribution >= 0.6 is 19.9 Å². The van der Waals surface area contributed by atoms with Crippen molar-refractivity contribution in [1.82, 2.24) is 15.7 Å². The summed E-state index contributed by atoms with van der Waals surface area (Å²) in [6.45, 7) is 8.63. The molecule has 1 heterocycles. The molecule has 5 N–H and O–H groups in total. The maximum absolute atomic E-state index is 12.7. The van der Waals surface area contributed by atoms with Crippen LogP contribution in [0, 0.1) is 11.3 Å². The number of hydrogen-bond acceptors (Lipinski definition) is 9. The van der Waals surface area contributed by atoms with Gasteiger partial charge in [0.05, 0.1) is 0 Å². The van der Waals surface area contributed by atoms with Crippen molar-refractivity contribution in [2.24, 2.45) is 11.3 Å². The topological polar surface area (TPSA) is 163 Å². The van der Waals surface area contributed by atoms with Crippen LogP contribution in [0.2, 0.25) is 0 Å². The molecule has 2 atom stereocenters. The number of carboxylic acids is 1. The molecular formula is C18H34N3O8PS. The number of aliphatic carboxylic acids is 1. The fourth-order valence-corrected chi connectivity index (χ4v) is 5.65. The number of carboxylic acid groups (broad SMARTS) is 1. The van der Waals surface area contributed by atoms with E-state index in [2.05, 4.69) is 15.7 Å². The molecule has 0 aliphatic carbocycles. The second-order valence-electron chi connectivity index (χ2n) is 8.29. The quantitative estimate of drug-likeness (QED) is 0.206. The molecule has 0 radical (unpaired) electrons. The molecule has 0 aromatic rings. The van der Waals surface area contributed by atoms with Gasteiger partial charge in [0, 0.05) is 6.92 Å². The summed E-state index contributed by atoms with van der Waals surface area (Å²) in [5, 5.41) is 17.1. The molecule has 1 fully saturated rings. The third-order valence-electron chi connectivity index (χ3n) is 4.52. The molecule has 0 aromatic heterocycles. The number of rotatable bonds is 11. The van der Waals surface area contributed by atoms with Crippen molar-refractivity contribution in [3.8, 4) is 0 Å². The fourth-order valence-electron chi connectivity index (χ4n) is 2.77. The van der Waals surface area contributed by atoms with Crippen molar-refractivity contribution in [2.75, 3.05) is 25.4 Å². The van der Waals surface area contributed by atoms with Crippen LogP contribution < -0.4 is 15.7 Å². The minimum atomic E-state index is -4.13. The summed E-state index contributed by atoms with van der Waals surface area (Å²) in [4.78, 5) is 57.5. The molecule has 0 unspecified atom stereocenters. The number of thioether (sulfide) groups is 1. The third kappa shape index (κ3) is 9.38. The van der Waals surface area contributed by atoms with Gasteiger partial charge < -0.3 is 0 Å². The van der Waals surface area contributed by atoms with Crippen molar-refractivity contribution in [1.29, 1.82) is 0 Å². The summed E-state index contributed by atoms with van der Waals surface area (Å²) < 4.78 is 11.0. The van der Waals surface area contributed by atoms with Gasteiger partial charge in [-0.05, 0) is 0 Å². The molecule has 1 saturated heterocycles. The Morgan fingerprint density at radius 2 is 1.84 bits per heavy atom. The van der Waals surface area contributed by atoms with E-state index >= 15 is 0 Å². The van der Waals surface area contributed by atoms with Crippen molar-refractivity contribution < 1.29 is 38.2 Å². The summed E-state index contributed by atoms with van der Waals surface area (Å²) in [5.74, 6) is -1.85. The van der Waals surface area contributed by atoms with Crippen LogP contribution in [-0.4, -0.2) is 70.5 Å². The summed E-state index contributed by atoms with van der Waals surface area (Å²) in [5.41, 5.74) is -0.784. The van der Waals surface area contributed by atoms with Crippen molar-refractivity contribution in [3.05, 3.63) is 0 Å². The summed E-state index contributed by atoms with van der Waals surface area (Å²) in [6, 6.07) is -1.11. The summed E-state index contributed by atoms with van der Waals surface area (Å²) in [6.07, 6.45) is -1.06. The van der Waals surface area contributed by atoms with Crippen LogP contribution in [0.25, 0.3) is 0 Å². The van der Waals surface area contributed by atoms with E-state index in [1.165, 1.54) is 6.92 Å². The van der Waals surface area contributed by atoms with Crippen molar-refractivity contribution >= 4 is 42.8 Å². The molecule has 180 valence electrons. The third-order valence-corrected chi connectivity index (χ3v) is 7.10. The summed E-state index contributed by atoms with van der Waals surface area (Å²) in [7, 11) is -4.13. The predicted octanol–water partition coefficient (Wildman–Crippen LogP) is 0.431. The van der Waals surface area contributed by atoms with E-state index < -0.39 is 37.5 Å². The van der Waals surface area contributed by atoms with Crippen LogP contribution in [0.4, 0.5) is 0 Å². The molecule has 1 aliphatic rings. The average molecular weight is 484 g/mol. The normalized spacial score (nSPS) is 21.7. The number of nitrogens with one attached hydrogen (secondary N) is 3. The Morgan fingerprint density at radius 1 is 1.19 bits per heavy atom. The van der Waals surface area contributed by atoms with Crippen LogP contribution in [0.3, 0.4) is 0 Å². The monoisotopic (exact) mass is 483 g/mol. The molecular weight excluding hydrogens is 449 g/mol. The molecule has 2 amide bonds. The molecule has 1 rings (SSSR count). The van der Waals surface area contributed by atoms with E-state index in [4.69, 9.17) is 9.05 Å². The second-order valence-corrected chi connectivity index (χ2v) is 11.5. The van der Waals surface area contributed by atoms with Crippen LogP contribution in [-0.2, 0) is 28.2 Å². The molecule has 1 aliphatic heterocycles. The Balaban J connectivity index is 2.61. The second kappa shape index (κ2) is 12.1. The van der Waals surface area contributed by atoms with E-state index in [9.17, 15) is 29.2 Å². The Morgan fingerprint density at radius 3 is 2.39 bits per heavy atom. The van der Waals surface area contributed by atoms with Gasteiger partial charge in [-0.1, -0.05) is 0 Å². The molecule has 0 bridgehead atoms. The van der Waals surface area contributed by atoms with Gasteiger partial charge in [-0.15, -0.1) is 0 Å². The molecule has 0 aromatic carbocycles. The Bertz CT molecular complexity index is 678. The van der Waals surface area contributed by atoms with Gasteiger partial charge in [-0.3, -0.25) is 4.79 Å². The molecule has 31 heavy (non-hydrogen) atoms. The van der Waals surface area contributed by atoms with Gasteiger partial charge in [0.25, 0.3) is 0 Å². The zero-order valence-corrected chi connectivity index (χ0v) is 20.3. The Labute approximate surface area is 187 Å². The molecule has 11 nitrogen and oxygen atoms in total. The van der Waals surface area contributed by atoms with Gasteiger partial charge in [0.15, 0.2) is 0 Å². The Kier molecular flexibility index (Phi) is 10.8. The SMILES string of the molecule is CC(=O)SCCNC(=O)CCNC(=O)[C@@H]1O[PH](O)(N[C@H](C(=O)O)C(C)C)OCC1(C)C. The van der Waals surface area contributed by atoms with Crippen LogP contribution in [0.1, 0.15) is 41.0 Å². The van der Waals surface area contributed by atoms with E-state index in [0.29, 0.717) is 12.3 Å². The van der Waals surface area contributed by atoms with Gasteiger partial charge in [-0.25, -0.2) is 0 Å². The first-order valence-corrected chi connectivity index (χ1v) is 12.7. The maximum atomic E-state index is 12.7. The minimum absolute atomic E-state index is 0.0143. The van der Waals surface area contributed by atoms with Crippen molar-refractivity contribution in [3.63, 3.8) is 0 Å². The standard InChI is InChI=1S/C18H34N3O8PS/c1-11(2)14(17(25)26)21-30(27)28-10-18(4,5)15(29-30)16(24)20-7-6-13(23)19-8-9-31-12(3)22/h11,14-15,21,27,30H,6-10H2,1-5H3,(H,19,23)(H,20,24)(H,25,26)/t14-,15-/m0/s1. The first-order chi connectivity index (χ1) is 14.3. The number of hydrogen-bond donors (Lipinski definition) is 5. The number of carbonyl (C=O) groups is 4. The first kappa shape index (κ1) is 27.7. The first-order valence-electron chi connectivity index (χ1n) is 10.00. The fraction of sp³-hybridized carbons (Fsp3) is 0.778. The van der Waals surface area contributed by atoms with E-state index in [1.54, 1.807) is 27.7 Å². The van der Waals surface area contributed by atoms with Gasteiger partial charge in [0.2, 0.25) is 0 Å². The summed E-state index contributed by atoms with van der Waals surface area (Å²) >= 11 is 1.11. The average Bonchev–Trinajstić information content (AvgIpc) is 2.65.